The van der Waals surface area contributed by atoms with Gasteiger partial charge in [-0.2, -0.15) is 0 Å². The Labute approximate surface area is 117 Å². The Morgan fingerprint density at radius 1 is 1.40 bits per heavy atom. The van der Waals surface area contributed by atoms with Crippen LogP contribution in [0, 0.1) is 0 Å². The molecule has 1 aromatic rings. The van der Waals surface area contributed by atoms with Gasteiger partial charge in [0, 0.05) is 13.1 Å². The maximum absolute atomic E-state index is 12.2. The Balaban J connectivity index is 2.27. The molecule has 1 aliphatic rings. The van der Waals surface area contributed by atoms with Gasteiger partial charge in [0.05, 0.1) is 18.1 Å². The van der Waals surface area contributed by atoms with Gasteiger partial charge in [0.25, 0.3) is 0 Å². The number of carbonyl (C=O) groups excluding carboxylic acids is 1. The number of nitrogens with zero attached hydrogens (tertiary/aromatic N) is 3. The van der Waals surface area contributed by atoms with Crippen LogP contribution in [0.3, 0.4) is 0 Å². The molecular formula is C13H19N3O4. The van der Waals surface area contributed by atoms with Gasteiger partial charge in [-0.05, 0) is 27.7 Å². The number of hydrogen-bond acceptors (Lipinski definition) is 4. The number of carboxylic acids is 1. The van der Waals surface area contributed by atoms with Crippen molar-refractivity contribution >= 4 is 12.1 Å². The van der Waals surface area contributed by atoms with E-state index in [1.54, 1.807) is 32.3 Å². The van der Waals surface area contributed by atoms with Crippen molar-refractivity contribution in [2.45, 2.75) is 45.9 Å². The second kappa shape index (κ2) is 4.81. The Morgan fingerprint density at radius 3 is 2.60 bits per heavy atom. The van der Waals surface area contributed by atoms with Crippen LogP contribution in [-0.2, 0) is 11.3 Å². The Bertz CT molecular complexity index is 544. The number of hydrogen-bond donors (Lipinski definition) is 1. The summed E-state index contributed by atoms with van der Waals surface area (Å²) in [6.45, 7) is 8.16. The highest BCUT2D eigenvalue weighted by atomic mass is 16.6. The Morgan fingerprint density at radius 2 is 2.05 bits per heavy atom. The van der Waals surface area contributed by atoms with Crippen molar-refractivity contribution in [3.05, 3.63) is 17.7 Å². The van der Waals surface area contributed by atoms with Gasteiger partial charge in [-0.25, -0.2) is 14.6 Å². The van der Waals surface area contributed by atoms with Gasteiger partial charge in [-0.3, -0.25) is 4.90 Å². The molecule has 0 saturated carbocycles. The second-order valence-electron chi connectivity index (χ2n) is 5.83. The van der Waals surface area contributed by atoms with E-state index in [0.717, 1.165) is 0 Å². The fourth-order valence-corrected chi connectivity index (χ4v) is 2.30. The lowest BCUT2D eigenvalue weighted by Gasteiger charge is -2.35. The third-order valence-electron chi connectivity index (χ3n) is 3.15. The second-order valence-corrected chi connectivity index (χ2v) is 5.83. The number of fused-ring (bicyclic) bond motifs is 1. The smallest absolute Gasteiger partial charge is 0.410 e. The number of rotatable bonds is 1. The van der Waals surface area contributed by atoms with E-state index in [4.69, 9.17) is 9.84 Å². The summed E-state index contributed by atoms with van der Waals surface area (Å²) < 4.78 is 7.12. The van der Waals surface area contributed by atoms with E-state index in [9.17, 15) is 9.59 Å². The highest BCUT2D eigenvalue weighted by molar-refractivity contribution is 5.87. The molecule has 110 valence electrons. The van der Waals surface area contributed by atoms with E-state index in [1.165, 1.54) is 11.2 Å². The summed E-state index contributed by atoms with van der Waals surface area (Å²) in [6.07, 6.45) is 1.07. The van der Waals surface area contributed by atoms with Crippen molar-refractivity contribution in [2.24, 2.45) is 0 Å². The predicted molar refractivity (Wildman–Crippen MR) is 70.5 cm³/mol. The molecule has 0 spiro atoms. The first-order valence-electron chi connectivity index (χ1n) is 6.48. The van der Waals surface area contributed by atoms with Gasteiger partial charge in [-0.1, -0.05) is 0 Å². The molecule has 0 fully saturated rings. The predicted octanol–water partition coefficient (Wildman–Crippen LogP) is 1.89. The molecule has 1 aliphatic heterocycles. The molecule has 2 rings (SSSR count). The minimum Gasteiger partial charge on any atom is -0.476 e. The molecule has 0 radical (unpaired) electrons. The summed E-state index contributed by atoms with van der Waals surface area (Å²) in [4.78, 5) is 28.8. The third-order valence-corrected chi connectivity index (χ3v) is 3.15. The first kappa shape index (κ1) is 14.4. The molecule has 1 amide bonds. The van der Waals surface area contributed by atoms with Gasteiger partial charge >= 0.3 is 12.1 Å². The maximum atomic E-state index is 12.2. The third kappa shape index (κ3) is 2.61. The van der Waals surface area contributed by atoms with Crippen molar-refractivity contribution in [1.29, 1.82) is 0 Å². The highest BCUT2D eigenvalue weighted by Gasteiger charge is 2.34. The summed E-state index contributed by atoms with van der Waals surface area (Å²) in [7, 11) is 0. The van der Waals surface area contributed by atoms with Crippen LogP contribution in [0.15, 0.2) is 6.33 Å². The van der Waals surface area contributed by atoms with Crippen LogP contribution in [-0.4, -0.2) is 43.8 Å². The number of ether oxygens (including phenoxy) is 1. The first-order chi connectivity index (χ1) is 9.20. The normalized spacial score (nSPS) is 18.6. The number of carboxylic acid groups (broad SMARTS) is 1. The van der Waals surface area contributed by atoms with E-state index >= 15 is 0 Å². The molecule has 1 unspecified atom stereocenters. The summed E-state index contributed by atoms with van der Waals surface area (Å²) in [6, 6.07) is -0.382. The van der Waals surface area contributed by atoms with Crippen molar-refractivity contribution in [3.63, 3.8) is 0 Å². The van der Waals surface area contributed by atoms with Gasteiger partial charge in [0.2, 0.25) is 0 Å². The minimum atomic E-state index is -1.09. The van der Waals surface area contributed by atoms with Gasteiger partial charge in [0.1, 0.15) is 5.60 Å². The fraction of sp³-hybridized carbons (Fsp3) is 0.615. The summed E-state index contributed by atoms with van der Waals surface area (Å²) in [5.74, 6) is -1.09. The first-order valence-corrected chi connectivity index (χ1v) is 6.48. The van der Waals surface area contributed by atoms with Crippen molar-refractivity contribution < 1.29 is 19.4 Å². The van der Waals surface area contributed by atoms with Crippen LogP contribution in [0.2, 0.25) is 0 Å². The summed E-state index contributed by atoms with van der Waals surface area (Å²) >= 11 is 0. The van der Waals surface area contributed by atoms with E-state index in [0.29, 0.717) is 18.8 Å². The van der Waals surface area contributed by atoms with Gasteiger partial charge in [-0.15, -0.1) is 0 Å². The van der Waals surface area contributed by atoms with Gasteiger partial charge in [0.15, 0.2) is 5.69 Å². The van der Waals surface area contributed by atoms with E-state index in [1.807, 2.05) is 0 Å². The monoisotopic (exact) mass is 281 g/mol. The SMILES string of the molecule is CC1c2c(C(=O)O)ncn2CCN1C(=O)OC(C)(C)C. The summed E-state index contributed by atoms with van der Waals surface area (Å²) in [5.41, 5.74) is -0.0511. The number of amides is 1. The zero-order valence-corrected chi connectivity index (χ0v) is 12.1. The molecular weight excluding hydrogens is 262 g/mol. The van der Waals surface area contributed by atoms with Crippen LogP contribution in [0.4, 0.5) is 4.79 Å². The highest BCUT2D eigenvalue weighted by Crippen LogP contribution is 2.29. The zero-order valence-electron chi connectivity index (χ0n) is 12.1. The van der Waals surface area contributed by atoms with Gasteiger partial charge < -0.3 is 14.4 Å². The average molecular weight is 281 g/mol. The molecule has 1 N–H and O–H groups in total. The maximum Gasteiger partial charge on any atom is 0.410 e. The van der Waals surface area contributed by atoms with Crippen molar-refractivity contribution in [1.82, 2.24) is 14.5 Å². The minimum absolute atomic E-state index is 0.00856. The number of aromatic nitrogens is 2. The lowest BCUT2D eigenvalue weighted by molar-refractivity contribution is 0.0123. The molecule has 1 atom stereocenters. The van der Waals surface area contributed by atoms with Crippen molar-refractivity contribution in [3.8, 4) is 0 Å². The molecule has 0 aromatic carbocycles. The number of imidazole rings is 1. The standard InChI is InChI=1S/C13H19N3O4/c1-8-10-9(11(17)18)14-7-15(10)5-6-16(8)12(19)20-13(2,3)4/h7-8H,5-6H2,1-4H3,(H,17,18). The Hall–Kier alpha value is -2.05. The number of aromatic carboxylic acids is 1. The van der Waals surface area contributed by atoms with Crippen LogP contribution in [0.1, 0.15) is 49.9 Å². The quantitative estimate of drug-likeness (QED) is 0.849. The molecule has 0 aliphatic carbocycles. The number of carbonyl (C=O) groups is 2. The molecule has 7 heteroatoms. The van der Waals surface area contributed by atoms with Crippen LogP contribution in [0.25, 0.3) is 0 Å². The lowest BCUT2D eigenvalue weighted by atomic mass is 10.1. The van der Waals surface area contributed by atoms with Crippen LogP contribution >= 0.6 is 0 Å². The molecule has 7 nitrogen and oxygen atoms in total. The average Bonchev–Trinajstić information content (AvgIpc) is 2.71. The molecule has 0 saturated heterocycles. The zero-order chi connectivity index (χ0) is 15.1. The Kier molecular flexibility index (Phi) is 3.45. The van der Waals surface area contributed by atoms with E-state index < -0.39 is 17.7 Å². The topological polar surface area (TPSA) is 84.7 Å². The van der Waals surface area contributed by atoms with E-state index in [2.05, 4.69) is 4.98 Å². The van der Waals surface area contributed by atoms with Crippen LogP contribution in [0.5, 0.6) is 0 Å². The lowest BCUT2D eigenvalue weighted by Crippen LogP contribution is -2.43. The van der Waals surface area contributed by atoms with Crippen molar-refractivity contribution in [2.75, 3.05) is 6.54 Å². The molecule has 1 aromatic heterocycles. The fourth-order valence-electron chi connectivity index (χ4n) is 2.30. The molecule has 2 heterocycles. The molecule has 20 heavy (non-hydrogen) atoms. The van der Waals surface area contributed by atoms with E-state index in [-0.39, 0.29) is 11.7 Å². The molecule has 0 bridgehead atoms. The summed E-state index contributed by atoms with van der Waals surface area (Å²) in [5, 5.41) is 9.15. The largest absolute Gasteiger partial charge is 0.476 e. The van der Waals surface area contributed by atoms with Crippen LogP contribution < -0.4 is 0 Å².